The predicted octanol–water partition coefficient (Wildman–Crippen LogP) is -3.47. The fourth-order valence-corrected chi connectivity index (χ4v) is 13.0. The molecule has 19 atom stereocenters. The Morgan fingerprint density at radius 1 is 0.380 bits per heavy atom. The van der Waals surface area contributed by atoms with E-state index in [2.05, 4.69) is 42.5 Å². The molecule has 8 bridgehead atoms. The zero-order valence-electron chi connectivity index (χ0n) is 28.4. The van der Waals surface area contributed by atoms with Crippen LogP contribution in [0.2, 0.25) is 0 Å². The summed E-state index contributed by atoms with van der Waals surface area (Å²) in [5, 5.41) is 69.1. The molecule has 8 N–H and O–H groups in total. The Hall–Kier alpha value is -1.26. The maximum atomic E-state index is 12.9. The summed E-state index contributed by atoms with van der Waals surface area (Å²) < 4.78 is 0. The van der Waals surface area contributed by atoms with Crippen LogP contribution >= 0.6 is 0 Å². The minimum Gasteiger partial charge on any atom is -0.550 e. The van der Waals surface area contributed by atoms with Crippen molar-refractivity contribution in [3.05, 3.63) is 0 Å². The van der Waals surface area contributed by atoms with E-state index >= 15 is 0 Å². The van der Waals surface area contributed by atoms with Gasteiger partial charge in [-0.3, -0.25) is 42.5 Å². The molecular weight excluding hydrogens is 821 g/mol. The molecule has 9 aliphatic rings. The summed E-state index contributed by atoms with van der Waals surface area (Å²) in [5.74, 6) is -8.22. The molecule has 5 saturated heterocycles. The molecule has 4 saturated carbocycles. The zero-order valence-corrected chi connectivity index (χ0v) is 30.8. The number of aliphatic carboxylic acids is 3. The van der Waals surface area contributed by atoms with Crippen LogP contribution in [0, 0.1) is 65.1 Å². The third-order valence-corrected chi connectivity index (χ3v) is 15.0. The number of hydrogen-bond donors (Lipinski definition) is 8. The van der Waals surface area contributed by atoms with Gasteiger partial charge in [-0.25, -0.2) is 0 Å². The smallest absolute Gasteiger partial charge is 0.550 e. The van der Waals surface area contributed by atoms with Gasteiger partial charge >= 0.3 is 20.1 Å². The van der Waals surface area contributed by atoms with Gasteiger partial charge in [0.1, 0.15) is 0 Å². The summed E-state index contributed by atoms with van der Waals surface area (Å²) in [5.41, 5.74) is 0. The van der Waals surface area contributed by atoms with Crippen LogP contribution in [0.1, 0.15) is 83.5 Å². The van der Waals surface area contributed by atoms with Crippen molar-refractivity contribution in [2.45, 2.75) is 133 Å². The molecule has 0 aromatic carbocycles. The minimum atomic E-state index is -1.74. The fraction of sp³-hybridized carbons (Fsp3) is 0.914. The Bertz CT molecular complexity index is 1320. The Morgan fingerprint density at radius 3 is 0.940 bits per heavy atom. The summed E-state index contributed by atoms with van der Waals surface area (Å²) in [6.07, 6.45) is 13.1. The first-order valence-electron chi connectivity index (χ1n) is 19.5. The quantitative estimate of drug-likeness (QED) is 0.139. The van der Waals surface area contributed by atoms with Gasteiger partial charge in [0.25, 0.3) is 0 Å². The van der Waals surface area contributed by atoms with Crippen molar-refractivity contribution >= 4 is 17.9 Å². The second-order valence-corrected chi connectivity index (χ2v) is 17.1. The summed E-state index contributed by atoms with van der Waals surface area (Å²) in [4.78, 5) is 37.8. The van der Waals surface area contributed by atoms with E-state index in [9.17, 15) is 29.7 Å². The van der Waals surface area contributed by atoms with Crippen LogP contribution in [0.25, 0.3) is 0 Å². The van der Waals surface area contributed by atoms with Gasteiger partial charge in [0.05, 0.1) is 49.3 Å². The molecule has 0 radical (unpaired) electrons. The van der Waals surface area contributed by atoms with Crippen LogP contribution in [0.3, 0.4) is 0 Å². The van der Waals surface area contributed by atoms with Crippen LogP contribution in [-0.2, 0) is 34.5 Å². The molecule has 0 amide bonds. The molecule has 9 rings (SSSR count). The molecule has 4 aliphatic carbocycles. The third kappa shape index (κ3) is 5.99. The van der Waals surface area contributed by atoms with Crippen LogP contribution in [0.5, 0.6) is 0 Å². The number of fused-ring (bicyclic) bond motifs is 20. The predicted molar refractivity (Wildman–Crippen MR) is 169 cm³/mol. The fourth-order valence-electron chi connectivity index (χ4n) is 13.0. The first-order valence-corrected chi connectivity index (χ1v) is 19.5. The summed E-state index contributed by atoms with van der Waals surface area (Å²) in [6.45, 7) is 0. The van der Waals surface area contributed by atoms with Gasteiger partial charge in [-0.15, -0.1) is 0 Å². The number of carboxylic acids is 3. The van der Waals surface area contributed by atoms with Crippen molar-refractivity contribution in [3.8, 4) is 0 Å². The maximum Gasteiger partial charge on any atom is 3.00 e. The zero-order chi connectivity index (χ0) is 33.6. The average Bonchev–Trinajstić information content (AvgIpc) is 3.83. The van der Waals surface area contributed by atoms with Crippen molar-refractivity contribution in [2.75, 3.05) is 0 Å². The first kappa shape index (κ1) is 35.8. The van der Waals surface area contributed by atoms with Gasteiger partial charge in [-0.05, 0) is 86.4 Å². The van der Waals surface area contributed by atoms with Crippen LogP contribution < -0.4 is 57.9 Å². The third-order valence-electron chi connectivity index (χ3n) is 15.0. The van der Waals surface area contributed by atoms with Gasteiger partial charge in [-0.1, -0.05) is 38.5 Å². The van der Waals surface area contributed by atoms with Gasteiger partial charge in [0, 0.05) is 41.6 Å². The van der Waals surface area contributed by atoms with E-state index < -0.39 is 59.8 Å². The van der Waals surface area contributed by atoms with Crippen LogP contribution in [-0.4, -0.2) is 67.2 Å². The van der Waals surface area contributed by atoms with E-state index in [1.54, 1.807) is 0 Å². The molecule has 0 aromatic rings. The van der Waals surface area contributed by atoms with E-state index in [-0.39, 0.29) is 63.5 Å². The van der Waals surface area contributed by atoms with Crippen LogP contribution in [0.4, 0.5) is 0 Å². The Balaban J connectivity index is 0.00000361. The average molecular weight is 874 g/mol. The van der Waals surface area contributed by atoms with E-state index in [1.807, 2.05) is 0 Å². The Kier molecular flexibility index (Phi) is 10.1. The normalized spacial score (nSPS) is 52.4. The van der Waals surface area contributed by atoms with Crippen molar-refractivity contribution in [1.82, 2.24) is 42.5 Å². The van der Waals surface area contributed by atoms with Gasteiger partial charge in [0.15, 0.2) is 0 Å². The van der Waals surface area contributed by atoms with Gasteiger partial charge in [-0.2, -0.15) is 0 Å². The molecule has 19 unspecified atom stereocenters. The Labute approximate surface area is 307 Å². The van der Waals surface area contributed by atoms with E-state index in [0.717, 1.165) is 38.5 Å². The minimum absolute atomic E-state index is 0. The molecule has 50 heavy (non-hydrogen) atoms. The summed E-state index contributed by atoms with van der Waals surface area (Å²) in [7, 11) is 0. The summed E-state index contributed by atoms with van der Waals surface area (Å²) in [6, 6.07) is 0. The molecule has 5 heterocycles. The second-order valence-electron chi connectivity index (χ2n) is 17.1. The van der Waals surface area contributed by atoms with Gasteiger partial charge in [0.2, 0.25) is 0 Å². The topological polar surface area (TPSA) is 217 Å². The van der Waals surface area contributed by atoms with Crippen molar-refractivity contribution < 1.29 is 49.8 Å². The largest absolute Gasteiger partial charge is 3.00 e. The monoisotopic (exact) mass is 874 g/mol. The van der Waals surface area contributed by atoms with Crippen molar-refractivity contribution in [3.63, 3.8) is 0 Å². The number of carboxylic acid groups (broad SMARTS) is 3. The number of hydrogen-bond acceptors (Lipinski definition) is 14. The molecule has 15 heteroatoms. The molecule has 9 fully saturated rings. The van der Waals surface area contributed by atoms with E-state index in [0.29, 0.717) is 35.5 Å². The number of nitrogens with one attached hydrogen (secondary N) is 8. The SMILES string of the molecule is O=C([O-])C1CC2C3NC4NC(NC5NC(NC6NC(NC(N3)C2C(C(=O)[O-])C1C(=O)[O-])C1CCCCC61)C1CCCCC51)C1CCCCC41.[Ir+3]. The molecule has 0 spiro atoms. The van der Waals surface area contributed by atoms with E-state index in [1.165, 1.54) is 38.5 Å². The maximum absolute atomic E-state index is 12.9. The molecule has 14 nitrogen and oxygen atoms in total. The van der Waals surface area contributed by atoms with Gasteiger partial charge < -0.3 is 29.7 Å². The molecular formula is C35H53IrN8O6. The van der Waals surface area contributed by atoms with Crippen molar-refractivity contribution in [1.29, 1.82) is 0 Å². The number of carbonyl (C=O) groups is 3. The first-order chi connectivity index (χ1) is 23.8. The summed E-state index contributed by atoms with van der Waals surface area (Å²) >= 11 is 0. The molecule has 5 aliphatic heterocycles. The standard InChI is InChI=1S/C35H56N8O6.Ir/c44-33(45)21-13-20-22(24(35(48)49)23(21)34(46)47)32-42-30-19-12-6-5-11-18(19)28(40-30)38-26-15-8-2-1-7-14(15)25(36-26)37-27-16-9-3-4-10-17(16)29(39-27)41-31(20)43-32;/h14-32,36-43H,1-13H2,(H,44,45)(H,46,47)(H,48,49);/q;+3/p-3. The number of carbonyl (C=O) groups excluding carboxylic acids is 3. The molecule has 278 valence electrons. The Morgan fingerprint density at radius 2 is 0.660 bits per heavy atom. The van der Waals surface area contributed by atoms with E-state index in [4.69, 9.17) is 0 Å². The van der Waals surface area contributed by atoms with Crippen LogP contribution in [0.15, 0.2) is 0 Å². The molecule has 0 aromatic heterocycles. The van der Waals surface area contributed by atoms with Crippen molar-refractivity contribution in [2.24, 2.45) is 65.1 Å². The number of rotatable bonds is 3. The second kappa shape index (κ2) is 14.2.